The summed E-state index contributed by atoms with van der Waals surface area (Å²) in [7, 11) is 1.71. The van der Waals surface area contributed by atoms with Crippen LogP contribution < -0.4 is 9.47 Å². The lowest BCUT2D eigenvalue weighted by Gasteiger charge is -2.32. The third-order valence-corrected chi connectivity index (χ3v) is 3.46. The number of methoxy groups -OCH3 is 1. The molecule has 0 aliphatic carbocycles. The van der Waals surface area contributed by atoms with Crippen molar-refractivity contribution in [3.8, 4) is 11.6 Å². The Kier molecular flexibility index (Phi) is 2.44. The molecule has 0 N–H and O–H groups in total. The predicted molar refractivity (Wildman–Crippen MR) is 71.3 cm³/mol. The van der Waals surface area contributed by atoms with Gasteiger partial charge in [-0.25, -0.2) is 4.98 Å². The van der Waals surface area contributed by atoms with Gasteiger partial charge < -0.3 is 9.47 Å². The van der Waals surface area contributed by atoms with Crippen LogP contribution >= 0.6 is 0 Å². The molecule has 0 amide bonds. The molecule has 0 radical (unpaired) electrons. The van der Waals surface area contributed by atoms with Crippen molar-refractivity contribution in [2.24, 2.45) is 0 Å². The fraction of sp³-hybridized carbons (Fsp3) is 0.400. The van der Waals surface area contributed by atoms with Gasteiger partial charge in [-0.3, -0.25) is 0 Å². The molecule has 3 heteroatoms. The van der Waals surface area contributed by atoms with Crippen LogP contribution in [0.2, 0.25) is 0 Å². The van der Waals surface area contributed by atoms with E-state index in [0.717, 1.165) is 40.9 Å². The lowest BCUT2D eigenvalue weighted by atomic mass is 9.94. The van der Waals surface area contributed by atoms with Crippen molar-refractivity contribution in [2.45, 2.75) is 32.3 Å². The number of pyridine rings is 1. The van der Waals surface area contributed by atoms with Gasteiger partial charge in [0, 0.05) is 5.39 Å². The van der Waals surface area contributed by atoms with Crippen LogP contribution in [0.5, 0.6) is 11.6 Å². The van der Waals surface area contributed by atoms with Crippen molar-refractivity contribution in [2.75, 3.05) is 7.11 Å². The Morgan fingerprint density at radius 2 is 2.06 bits per heavy atom. The monoisotopic (exact) mass is 243 g/mol. The Morgan fingerprint density at radius 3 is 2.83 bits per heavy atom. The first kappa shape index (κ1) is 11.3. The second-order valence-electron chi connectivity index (χ2n) is 5.31. The number of benzene rings is 1. The molecule has 1 aromatic heterocycles. The standard InChI is InChI=1S/C15H17NO2/c1-15(2)9-8-11-13(17-3)10-6-4-5-7-12(10)16-14(11)18-15/h4-7H,8-9H2,1-3H3. The van der Waals surface area contributed by atoms with Gasteiger partial charge in [-0.2, -0.15) is 0 Å². The highest BCUT2D eigenvalue weighted by Gasteiger charge is 2.30. The van der Waals surface area contributed by atoms with Crippen molar-refractivity contribution >= 4 is 10.9 Å². The van der Waals surface area contributed by atoms with Crippen LogP contribution in [0, 0.1) is 0 Å². The molecule has 0 bridgehead atoms. The number of ether oxygens (including phenoxy) is 2. The first-order valence-corrected chi connectivity index (χ1v) is 6.25. The lowest BCUT2D eigenvalue weighted by molar-refractivity contribution is 0.0779. The average Bonchev–Trinajstić information content (AvgIpc) is 2.34. The Balaban J connectivity index is 2.27. The summed E-state index contributed by atoms with van der Waals surface area (Å²) >= 11 is 0. The highest BCUT2D eigenvalue weighted by atomic mass is 16.5. The summed E-state index contributed by atoms with van der Waals surface area (Å²) < 4.78 is 11.6. The summed E-state index contributed by atoms with van der Waals surface area (Å²) in [6.07, 6.45) is 1.93. The van der Waals surface area contributed by atoms with E-state index >= 15 is 0 Å². The normalized spacial score (nSPS) is 17.1. The number of aromatic nitrogens is 1. The van der Waals surface area contributed by atoms with E-state index in [1.165, 1.54) is 0 Å². The molecule has 1 aliphatic rings. The van der Waals surface area contributed by atoms with E-state index in [9.17, 15) is 0 Å². The molecule has 3 nitrogen and oxygen atoms in total. The Hall–Kier alpha value is -1.77. The fourth-order valence-electron chi connectivity index (χ4n) is 2.48. The van der Waals surface area contributed by atoms with Crippen molar-refractivity contribution in [1.82, 2.24) is 4.98 Å². The minimum Gasteiger partial charge on any atom is -0.496 e. The lowest BCUT2D eigenvalue weighted by Crippen LogP contribution is -2.33. The summed E-state index contributed by atoms with van der Waals surface area (Å²) in [5.41, 5.74) is 1.87. The van der Waals surface area contributed by atoms with Crippen LogP contribution in [0.15, 0.2) is 24.3 Å². The molecular formula is C15H17NO2. The summed E-state index contributed by atoms with van der Waals surface area (Å²) in [4.78, 5) is 4.62. The van der Waals surface area contributed by atoms with Crippen molar-refractivity contribution in [3.05, 3.63) is 29.8 Å². The summed E-state index contributed by atoms with van der Waals surface area (Å²) in [6, 6.07) is 8.02. The van der Waals surface area contributed by atoms with Gasteiger partial charge in [0.25, 0.3) is 0 Å². The van der Waals surface area contributed by atoms with Crippen LogP contribution in [-0.4, -0.2) is 17.7 Å². The molecule has 1 aromatic carbocycles. The van der Waals surface area contributed by atoms with Gasteiger partial charge in [0.15, 0.2) is 0 Å². The first-order valence-electron chi connectivity index (χ1n) is 6.25. The Bertz CT molecular complexity index is 605. The Morgan fingerprint density at radius 1 is 1.28 bits per heavy atom. The molecule has 0 atom stereocenters. The van der Waals surface area contributed by atoms with E-state index in [0.29, 0.717) is 0 Å². The second kappa shape index (κ2) is 3.87. The molecule has 2 aromatic rings. The van der Waals surface area contributed by atoms with Crippen molar-refractivity contribution in [3.63, 3.8) is 0 Å². The van der Waals surface area contributed by atoms with Gasteiger partial charge >= 0.3 is 0 Å². The van der Waals surface area contributed by atoms with Crippen LogP contribution in [0.3, 0.4) is 0 Å². The zero-order valence-corrected chi connectivity index (χ0v) is 11.0. The number of fused-ring (bicyclic) bond motifs is 2. The number of nitrogens with zero attached hydrogens (tertiary/aromatic N) is 1. The highest BCUT2D eigenvalue weighted by molar-refractivity contribution is 5.87. The van der Waals surface area contributed by atoms with Gasteiger partial charge in [-0.05, 0) is 38.8 Å². The maximum Gasteiger partial charge on any atom is 0.221 e. The smallest absolute Gasteiger partial charge is 0.221 e. The van der Waals surface area contributed by atoms with E-state index in [1.807, 2.05) is 24.3 Å². The molecule has 2 heterocycles. The first-order chi connectivity index (χ1) is 8.61. The SMILES string of the molecule is COc1c2c(nc3ccccc13)OC(C)(C)CC2. The number of hydrogen-bond acceptors (Lipinski definition) is 3. The van der Waals surface area contributed by atoms with Gasteiger partial charge in [-0.1, -0.05) is 12.1 Å². The summed E-state index contributed by atoms with van der Waals surface area (Å²) in [6.45, 7) is 4.19. The molecule has 0 saturated carbocycles. The molecule has 3 rings (SSSR count). The molecule has 0 spiro atoms. The van der Waals surface area contributed by atoms with E-state index in [-0.39, 0.29) is 5.60 Å². The van der Waals surface area contributed by atoms with Crippen LogP contribution in [0.1, 0.15) is 25.8 Å². The van der Waals surface area contributed by atoms with Crippen molar-refractivity contribution in [1.29, 1.82) is 0 Å². The van der Waals surface area contributed by atoms with Gasteiger partial charge in [0.2, 0.25) is 5.88 Å². The van der Waals surface area contributed by atoms with Crippen molar-refractivity contribution < 1.29 is 9.47 Å². The minimum absolute atomic E-state index is 0.145. The molecule has 18 heavy (non-hydrogen) atoms. The molecule has 1 aliphatic heterocycles. The molecular weight excluding hydrogens is 226 g/mol. The van der Waals surface area contributed by atoms with Crippen LogP contribution in [0.4, 0.5) is 0 Å². The molecule has 0 unspecified atom stereocenters. The average molecular weight is 243 g/mol. The maximum absolute atomic E-state index is 5.98. The second-order valence-corrected chi connectivity index (χ2v) is 5.31. The summed E-state index contributed by atoms with van der Waals surface area (Å²) in [5.74, 6) is 1.63. The van der Waals surface area contributed by atoms with Crippen LogP contribution in [-0.2, 0) is 6.42 Å². The van der Waals surface area contributed by atoms with Gasteiger partial charge in [0.1, 0.15) is 11.4 Å². The minimum atomic E-state index is -0.145. The number of rotatable bonds is 1. The predicted octanol–water partition coefficient (Wildman–Crippen LogP) is 3.35. The van der Waals surface area contributed by atoms with E-state index in [4.69, 9.17) is 9.47 Å². The third-order valence-electron chi connectivity index (χ3n) is 3.46. The third kappa shape index (κ3) is 1.70. The fourth-order valence-corrected chi connectivity index (χ4v) is 2.48. The topological polar surface area (TPSA) is 31.4 Å². The highest BCUT2D eigenvalue weighted by Crippen LogP contribution is 2.40. The zero-order chi connectivity index (χ0) is 12.8. The van der Waals surface area contributed by atoms with Gasteiger partial charge in [-0.15, -0.1) is 0 Å². The van der Waals surface area contributed by atoms with E-state index in [1.54, 1.807) is 7.11 Å². The molecule has 0 saturated heterocycles. The van der Waals surface area contributed by atoms with Gasteiger partial charge in [0.05, 0.1) is 18.2 Å². The Labute approximate surface area is 107 Å². The zero-order valence-electron chi connectivity index (χ0n) is 11.0. The quantitative estimate of drug-likeness (QED) is 0.769. The number of hydrogen-bond donors (Lipinski definition) is 0. The summed E-state index contributed by atoms with van der Waals surface area (Å²) in [5, 5.41) is 1.06. The van der Waals surface area contributed by atoms with Crippen LogP contribution in [0.25, 0.3) is 10.9 Å². The molecule has 0 fully saturated rings. The number of para-hydroxylation sites is 1. The van der Waals surface area contributed by atoms with E-state index < -0.39 is 0 Å². The van der Waals surface area contributed by atoms with E-state index in [2.05, 4.69) is 18.8 Å². The largest absolute Gasteiger partial charge is 0.496 e. The maximum atomic E-state index is 5.98. The molecule has 94 valence electrons.